The number of halogens is 1. The van der Waals surface area contributed by atoms with E-state index < -0.39 is 0 Å². The van der Waals surface area contributed by atoms with Gasteiger partial charge in [0, 0.05) is 30.1 Å². The van der Waals surface area contributed by atoms with Crippen LogP contribution in [0.4, 0.5) is 5.00 Å². The highest BCUT2D eigenvalue weighted by Gasteiger charge is 2.20. The molecule has 2 aromatic heterocycles. The van der Waals surface area contributed by atoms with E-state index in [0.29, 0.717) is 17.6 Å². The zero-order chi connectivity index (χ0) is 17.1. The first-order valence-electron chi connectivity index (χ1n) is 8.83. The largest absolute Gasteiger partial charge is 0.373 e. The summed E-state index contributed by atoms with van der Waals surface area (Å²) in [5.41, 5.74) is 8.17. The first kappa shape index (κ1) is 17.8. The highest BCUT2D eigenvalue weighted by atomic mass is 35.5. The molecular formula is C18H27ClN4S. The monoisotopic (exact) mass is 366 g/mol. The number of hydrogen-bond donors (Lipinski definition) is 2. The number of anilines is 1. The summed E-state index contributed by atoms with van der Waals surface area (Å²) in [6.07, 6.45) is 9.75. The lowest BCUT2D eigenvalue weighted by Crippen LogP contribution is -2.31. The lowest BCUT2D eigenvalue weighted by molar-refractivity contribution is 0.325. The lowest BCUT2D eigenvalue weighted by Gasteiger charge is -2.26. The average molecular weight is 367 g/mol. The van der Waals surface area contributed by atoms with Gasteiger partial charge in [0.25, 0.3) is 0 Å². The number of thiophene rings is 1. The normalized spacial score (nSPS) is 17.2. The zero-order valence-corrected chi connectivity index (χ0v) is 16.1. The number of nitrogens with two attached hydrogens (primary N) is 1. The van der Waals surface area contributed by atoms with Crippen LogP contribution in [0.2, 0.25) is 5.02 Å². The van der Waals surface area contributed by atoms with E-state index >= 15 is 0 Å². The second-order valence-electron chi connectivity index (χ2n) is 6.86. The fourth-order valence-electron chi connectivity index (χ4n) is 3.74. The molecule has 0 aromatic carbocycles. The van der Waals surface area contributed by atoms with E-state index in [2.05, 4.69) is 23.4 Å². The summed E-state index contributed by atoms with van der Waals surface area (Å²) in [6.45, 7) is 2.81. The van der Waals surface area contributed by atoms with Crippen molar-refractivity contribution in [2.75, 3.05) is 11.9 Å². The molecule has 3 N–H and O–H groups in total. The summed E-state index contributed by atoms with van der Waals surface area (Å²) in [6, 6.07) is 2.54. The van der Waals surface area contributed by atoms with Gasteiger partial charge in [-0.2, -0.15) is 5.10 Å². The number of rotatable bonds is 6. The van der Waals surface area contributed by atoms with E-state index in [1.807, 2.05) is 11.7 Å². The first-order chi connectivity index (χ1) is 11.6. The quantitative estimate of drug-likeness (QED) is 0.770. The third-order valence-corrected chi connectivity index (χ3v) is 6.30. The van der Waals surface area contributed by atoms with Gasteiger partial charge >= 0.3 is 0 Å². The van der Waals surface area contributed by atoms with Crippen molar-refractivity contribution in [1.29, 1.82) is 0 Å². The average Bonchev–Trinajstić information content (AvgIpc) is 3.09. The Kier molecular flexibility index (Phi) is 5.85. The molecule has 1 saturated carbocycles. The van der Waals surface area contributed by atoms with E-state index in [0.717, 1.165) is 17.2 Å². The standard InChI is InChI=1S/C18H27ClN4S/c1-12-15(18-16(19)11-21-23(18)2)9-17(24-12)22-14(10-20)8-13-6-4-3-5-7-13/h9,11,13-14,22H,3-8,10,20H2,1-2H3/t14-/m0/s1. The van der Waals surface area contributed by atoms with Crippen LogP contribution in [0.25, 0.3) is 11.3 Å². The molecule has 0 saturated heterocycles. The van der Waals surface area contributed by atoms with Gasteiger partial charge in [0.2, 0.25) is 0 Å². The molecule has 1 atom stereocenters. The molecule has 0 unspecified atom stereocenters. The molecule has 0 amide bonds. The highest BCUT2D eigenvalue weighted by molar-refractivity contribution is 7.16. The number of aromatic nitrogens is 2. The Bertz CT molecular complexity index is 653. The Balaban J connectivity index is 1.71. The van der Waals surface area contributed by atoms with Gasteiger partial charge in [-0.1, -0.05) is 43.7 Å². The second kappa shape index (κ2) is 7.89. The van der Waals surface area contributed by atoms with E-state index in [9.17, 15) is 0 Å². The minimum atomic E-state index is 0.348. The zero-order valence-electron chi connectivity index (χ0n) is 14.5. The summed E-state index contributed by atoms with van der Waals surface area (Å²) in [5, 5.41) is 9.77. The molecule has 2 aromatic rings. The second-order valence-corrected chi connectivity index (χ2v) is 8.53. The van der Waals surface area contributed by atoms with Crippen LogP contribution in [0.5, 0.6) is 0 Å². The Morgan fingerprint density at radius 1 is 1.42 bits per heavy atom. The maximum absolute atomic E-state index is 6.30. The number of nitrogens with zero attached hydrogens (tertiary/aromatic N) is 2. The van der Waals surface area contributed by atoms with Crippen LogP contribution >= 0.6 is 22.9 Å². The maximum Gasteiger partial charge on any atom is 0.0894 e. The van der Waals surface area contributed by atoms with E-state index in [4.69, 9.17) is 17.3 Å². The minimum Gasteiger partial charge on any atom is -0.373 e. The molecular weight excluding hydrogens is 340 g/mol. The third kappa shape index (κ3) is 3.95. The van der Waals surface area contributed by atoms with Crippen molar-refractivity contribution in [2.45, 2.75) is 51.5 Å². The number of nitrogens with one attached hydrogen (secondary N) is 1. The predicted octanol–water partition coefficient (Wildman–Crippen LogP) is 4.82. The molecule has 3 rings (SSSR count). The van der Waals surface area contributed by atoms with Crippen molar-refractivity contribution in [1.82, 2.24) is 9.78 Å². The van der Waals surface area contributed by atoms with Crippen LogP contribution in [-0.2, 0) is 7.05 Å². The summed E-state index contributed by atoms with van der Waals surface area (Å²) >= 11 is 8.07. The van der Waals surface area contributed by atoms with Crippen LogP contribution in [-0.4, -0.2) is 22.4 Å². The fraction of sp³-hybridized carbons (Fsp3) is 0.611. The summed E-state index contributed by atoms with van der Waals surface area (Å²) in [7, 11) is 1.93. The molecule has 0 spiro atoms. The predicted molar refractivity (Wildman–Crippen MR) is 104 cm³/mol. The number of aryl methyl sites for hydroxylation is 2. The fourth-order valence-corrected chi connectivity index (χ4v) is 5.01. The van der Waals surface area contributed by atoms with Gasteiger partial charge in [-0.05, 0) is 25.3 Å². The molecule has 0 aliphatic heterocycles. The summed E-state index contributed by atoms with van der Waals surface area (Å²) < 4.78 is 1.84. The Labute approximate surface area is 153 Å². The SMILES string of the molecule is Cc1sc(N[C@H](CN)CC2CCCCC2)cc1-c1c(Cl)cnn1C. The summed E-state index contributed by atoms with van der Waals surface area (Å²) in [5.74, 6) is 0.826. The van der Waals surface area contributed by atoms with Crippen LogP contribution < -0.4 is 11.1 Å². The van der Waals surface area contributed by atoms with Crippen LogP contribution in [0.15, 0.2) is 12.3 Å². The van der Waals surface area contributed by atoms with Crippen molar-refractivity contribution >= 4 is 27.9 Å². The molecule has 0 bridgehead atoms. The Hall–Kier alpha value is -1.04. The Morgan fingerprint density at radius 2 is 2.17 bits per heavy atom. The van der Waals surface area contributed by atoms with Gasteiger partial charge in [0.1, 0.15) is 0 Å². The third-order valence-electron chi connectivity index (χ3n) is 5.04. The maximum atomic E-state index is 6.30. The molecule has 6 heteroatoms. The van der Waals surface area contributed by atoms with Gasteiger partial charge in [-0.25, -0.2) is 0 Å². The molecule has 1 aliphatic carbocycles. The first-order valence-corrected chi connectivity index (χ1v) is 10.0. The van der Waals surface area contributed by atoms with Crippen molar-refractivity contribution in [2.24, 2.45) is 18.7 Å². The summed E-state index contributed by atoms with van der Waals surface area (Å²) in [4.78, 5) is 1.25. The smallest absolute Gasteiger partial charge is 0.0894 e. The molecule has 4 nitrogen and oxygen atoms in total. The van der Waals surface area contributed by atoms with Gasteiger partial charge < -0.3 is 11.1 Å². The van der Waals surface area contributed by atoms with Gasteiger partial charge in [-0.15, -0.1) is 11.3 Å². The topological polar surface area (TPSA) is 55.9 Å². The van der Waals surface area contributed by atoms with Crippen LogP contribution in [0.3, 0.4) is 0 Å². The van der Waals surface area contributed by atoms with E-state index in [1.165, 1.54) is 48.4 Å². The number of hydrogen-bond acceptors (Lipinski definition) is 4. The van der Waals surface area contributed by atoms with Gasteiger partial charge in [0.15, 0.2) is 0 Å². The van der Waals surface area contributed by atoms with Crippen LogP contribution in [0, 0.1) is 12.8 Å². The van der Waals surface area contributed by atoms with Crippen molar-refractivity contribution in [3.8, 4) is 11.3 Å². The van der Waals surface area contributed by atoms with Gasteiger partial charge in [0.05, 0.1) is 21.9 Å². The van der Waals surface area contributed by atoms with Gasteiger partial charge in [-0.3, -0.25) is 4.68 Å². The minimum absolute atomic E-state index is 0.348. The van der Waals surface area contributed by atoms with Crippen LogP contribution in [0.1, 0.15) is 43.4 Å². The lowest BCUT2D eigenvalue weighted by atomic mass is 9.85. The van der Waals surface area contributed by atoms with Crippen molar-refractivity contribution in [3.63, 3.8) is 0 Å². The van der Waals surface area contributed by atoms with Crippen molar-refractivity contribution in [3.05, 3.63) is 22.2 Å². The molecule has 1 fully saturated rings. The Morgan fingerprint density at radius 3 is 2.79 bits per heavy atom. The van der Waals surface area contributed by atoms with E-state index in [-0.39, 0.29) is 0 Å². The molecule has 24 heavy (non-hydrogen) atoms. The molecule has 1 aliphatic rings. The molecule has 132 valence electrons. The van der Waals surface area contributed by atoms with E-state index in [1.54, 1.807) is 17.5 Å². The molecule has 2 heterocycles. The molecule has 0 radical (unpaired) electrons. The highest BCUT2D eigenvalue weighted by Crippen LogP contribution is 2.38. The van der Waals surface area contributed by atoms with Crippen molar-refractivity contribution < 1.29 is 0 Å².